The van der Waals surface area contributed by atoms with Gasteiger partial charge in [0.1, 0.15) is 17.3 Å². The summed E-state index contributed by atoms with van der Waals surface area (Å²) in [5, 5.41) is 3.38. The lowest BCUT2D eigenvalue weighted by Crippen LogP contribution is -2.41. The highest BCUT2D eigenvalue weighted by molar-refractivity contribution is 5.43. The van der Waals surface area contributed by atoms with Crippen LogP contribution in [0.25, 0.3) is 0 Å². The van der Waals surface area contributed by atoms with Gasteiger partial charge >= 0.3 is 0 Å². The molecule has 0 bridgehead atoms. The summed E-state index contributed by atoms with van der Waals surface area (Å²) in [6, 6.07) is 8.17. The molecule has 2 heterocycles. The third-order valence-corrected chi connectivity index (χ3v) is 4.28. The number of aromatic nitrogens is 2. The van der Waals surface area contributed by atoms with Gasteiger partial charge in [0.2, 0.25) is 0 Å². The molecule has 0 spiro atoms. The monoisotopic (exact) mass is 322 g/mol. The van der Waals surface area contributed by atoms with E-state index in [9.17, 15) is 0 Å². The zero-order chi connectivity index (χ0) is 16.8. The Morgan fingerprint density at radius 2 is 1.83 bits per heavy atom. The number of piperidine rings is 1. The summed E-state index contributed by atoms with van der Waals surface area (Å²) >= 11 is 0. The molecule has 1 fully saturated rings. The summed E-state index contributed by atoms with van der Waals surface area (Å²) in [5.74, 6) is 7.87. The Hall–Kier alpha value is -2.58. The Bertz CT molecular complexity index is 710. The summed E-state index contributed by atoms with van der Waals surface area (Å²) in [4.78, 5) is 11.2. The molecule has 24 heavy (non-hydrogen) atoms. The van der Waals surface area contributed by atoms with Gasteiger partial charge < -0.3 is 15.0 Å². The lowest BCUT2D eigenvalue weighted by molar-refractivity contribution is 0.415. The van der Waals surface area contributed by atoms with Crippen molar-refractivity contribution in [3.8, 4) is 17.6 Å². The van der Waals surface area contributed by atoms with Gasteiger partial charge in [-0.15, -0.1) is 0 Å². The summed E-state index contributed by atoms with van der Waals surface area (Å²) in [6.45, 7) is 2.13. The Morgan fingerprint density at radius 1 is 1.08 bits per heavy atom. The summed E-state index contributed by atoms with van der Waals surface area (Å²) in [5.41, 5.74) is 1.60. The molecule has 0 aliphatic carbocycles. The molecule has 2 aromatic rings. The Balaban J connectivity index is 1.67. The number of nitrogens with zero attached hydrogens (tertiary/aromatic N) is 3. The predicted molar refractivity (Wildman–Crippen MR) is 95.3 cm³/mol. The second-order valence-corrected chi connectivity index (χ2v) is 5.83. The lowest BCUT2D eigenvalue weighted by Gasteiger charge is -2.32. The molecule has 0 amide bonds. The average Bonchev–Trinajstić information content (AvgIpc) is 2.67. The van der Waals surface area contributed by atoms with Crippen LogP contribution in [0.4, 0.5) is 5.82 Å². The number of anilines is 1. The van der Waals surface area contributed by atoms with Crippen LogP contribution in [0, 0.1) is 11.8 Å². The topological polar surface area (TPSA) is 50.3 Å². The van der Waals surface area contributed by atoms with E-state index in [1.807, 2.05) is 24.3 Å². The second-order valence-electron chi connectivity index (χ2n) is 5.83. The smallest absolute Gasteiger partial charge is 0.147 e. The zero-order valence-electron chi connectivity index (χ0n) is 14.1. The number of nitrogens with one attached hydrogen (secondary N) is 1. The van der Waals surface area contributed by atoms with Crippen molar-refractivity contribution in [3.63, 3.8) is 0 Å². The molecular weight excluding hydrogens is 300 g/mol. The Labute approximate surface area is 143 Å². The summed E-state index contributed by atoms with van der Waals surface area (Å²) in [7, 11) is 3.74. The van der Waals surface area contributed by atoms with E-state index in [4.69, 9.17) is 4.74 Å². The molecule has 0 atom stereocenters. The first-order chi connectivity index (χ1) is 11.8. The summed E-state index contributed by atoms with van der Waals surface area (Å²) in [6.07, 6.45) is 5.82. The molecule has 5 nitrogen and oxygen atoms in total. The number of hydrogen-bond donors (Lipinski definition) is 1. The minimum absolute atomic E-state index is 0.525. The van der Waals surface area contributed by atoms with Crippen molar-refractivity contribution >= 4 is 5.82 Å². The number of hydrogen-bond acceptors (Lipinski definition) is 5. The molecule has 0 radical (unpaired) electrons. The molecule has 1 aromatic carbocycles. The van der Waals surface area contributed by atoms with E-state index in [2.05, 4.69) is 39.1 Å². The summed E-state index contributed by atoms with van der Waals surface area (Å²) < 4.78 is 5.14. The molecule has 3 rings (SSSR count). The quantitative estimate of drug-likeness (QED) is 0.877. The van der Waals surface area contributed by atoms with Crippen molar-refractivity contribution in [3.05, 3.63) is 47.9 Å². The van der Waals surface area contributed by atoms with Crippen molar-refractivity contribution in [1.29, 1.82) is 0 Å². The van der Waals surface area contributed by atoms with Crippen molar-refractivity contribution < 1.29 is 4.74 Å². The molecule has 1 aliphatic rings. The molecule has 1 aromatic heterocycles. The molecule has 5 heteroatoms. The van der Waals surface area contributed by atoms with Gasteiger partial charge in [-0.2, -0.15) is 0 Å². The van der Waals surface area contributed by atoms with E-state index >= 15 is 0 Å². The zero-order valence-corrected chi connectivity index (χ0v) is 14.1. The largest absolute Gasteiger partial charge is 0.497 e. The van der Waals surface area contributed by atoms with E-state index in [1.165, 1.54) is 0 Å². The lowest BCUT2D eigenvalue weighted by atomic mass is 10.1. The van der Waals surface area contributed by atoms with E-state index in [-0.39, 0.29) is 0 Å². The maximum atomic E-state index is 5.14. The minimum atomic E-state index is 0.525. The van der Waals surface area contributed by atoms with Crippen molar-refractivity contribution in [1.82, 2.24) is 15.3 Å². The van der Waals surface area contributed by atoms with Crippen LogP contribution < -0.4 is 15.0 Å². The van der Waals surface area contributed by atoms with Crippen LogP contribution in [0.1, 0.15) is 24.1 Å². The Kier molecular flexibility index (Phi) is 5.29. The molecule has 124 valence electrons. The van der Waals surface area contributed by atoms with Gasteiger partial charge in [-0.3, -0.25) is 0 Å². The number of benzene rings is 1. The van der Waals surface area contributed by atoms with Crippen LogP contribution in [0.15, 0.2) is 36.7 Å². The van der Waals surface area contributed by atoms with Crippen LogP contribution in [-0.2, 0) is 0 Å². The molecule has 0 saturated carbocycles. The first kappa shape index (κ1) is 16.3. The fourth-order valence-corrected chi connectivity index (χ4v) is 2.76. The number of methoxy groups -OCH3 is 1. The third-order valence-electron chi connectivity index (χ3n) is 4.28. The molecular formula is C19H22N4O. The van der Waals surface area contributed by atoms with Gasteiger partial charge in [-0.05, 0) is 56.1 Å². The average molecular weight is 322 g/mol. The highest BCUT2D eigenvalue weighted by Crippen LogP contribution is 2.16. The first-order valence-electron chi connectivity index (χ1n) is 8.18. The maximum absolute atomic E-state index is 5.14. The highest BCUT2D eigenvalue weighted by Gasteiger charge is 2.18. The van der Waals surface area contributed by atoms with Gasteiger partial charge in [-0.25, -0.2) is 9.97 Å². The van der Waals surface area contributed by atoms with E-state index in [1.54, 1.807) is 19.5 Å². The highest BCUT2D eigenvalue weighted by atomic mass is 16.5. The normalized spacial score (nSPS) is 14.6. The van der Waals surface area contributed by atoms with Gasteiger partial charge in [0.05, 0.1) is 19.5 Å². The van der Waals surface area contributed by atoms with E-state index in [0.29, 0.717) is 11.7 Å². The van der Waals surface area contributed by atoms with Crippen LogP contribution in [0.5, 0.6) is 5.75 Å². The SMILES string of the molecule is COc1ccc(C#Cc2cnc(N(C)C3CCNCC3)cn2)cc1. The third kappa shape index (κ3) is 4.03. The van der Waals surface area contributed by atoms with Gasteiger partial charge in [0.25, 0.3) is 0 Å². The first-order valence-corrected chi connectivity index (χ1v) is 8.18. The number of ether oxygens (including phenoxy) is 1. The fraction of sp³-hybridized carbons (Fsp3) is 0.368. The van der Waals surface area contributed by atoms with Crippen molar-refractivity contribution in [2.75, 3.05) is 32.1 Å². The minimum Gasteiger partial charge on any atom is -0.497 e. The number of rotatable bonds is 3. The van der Waals surface area contributed by atoms with Gasteiger partial charge in [-0.1, -0.05) is 5.92 Å². The van der Waals surface area contributed by atoms with Crippen molar-refractivity contribution in [2.45, 2.75) is 18.9 Å². The van der Waals surface area contributed by atoms with E-state index in [0.717, 1.165) is 43.1 Å². The molecule has 1 aliphatic heterocycles. The maximum Gasteiger partial charge on any atom is 0.147 e. The predicted octanol–water partition coefficient (Wildman–Crippen LogP) is 2.07. The van der Waals surface area contributed by atoms with Crippen LogP contribution in [0.2, 0.25) is 0 Å². The van der Waals surface area contributed by atoms with E-state index < -0.39 is 0 Å². The molecule has 1 saturated heterocycles. The van der Waals surface area contributed by atoms with Crippen LogP contribution in [0.3, 0.4) is 0 Å². The molecule has 0 unspecified atom stereocenters. The fourth-order valence-electron chi connectivity index (χ4n) is 2.76. The van der Waals surface area contributed by atoms with Gasteiger partial charge in [0.15, 0.2) is 0 Å². The van der Waals surface area contributed by atoms with Gasteiger partial charge in [0, 0.05) is 18.7 Å². The van der Waals surface area contributed by atoms with Crippen LogP contribution in [-0.4, -0.2) is 43.3 Å². The standard InChI is InChI=1S/C19H22N4O/c1-23(17-9-11-20-12-10-17)19-14-21-16(13-22-19)6-3-15-4-7-18(24-2)8-5-15/h4-5,7-8,13-14,17,20H,9-12H2,1-2H3. The second kappa shape index (κ2) is 7.80. The van der Waals surface area contributed by atoms with Crippen molar-refractivity contribution in [2.24, 2.45) is 0 Å². The Morgan fingerprint density at radius 3 is 2.46 bits per heavy atom. The molecule has 1 N–H and O–H groups in total. The van der Waals surface area contributed by atoms with Crippen LogP contribution >= 0.6 is 0 Å².